The second-order valence-corrected chi connectivity index (χ2v) is 7.25. The predicted octanol–water partition coefficient (Wildman–Crippen LogP) is 3.40. The van der Waals surface area contributed by atoms with E-state index in [1.165, 1.54) is 32.4 Å². The Kier molecular flexibility index (Phi) is 6.09. The molecule has 2 aromatic carbocycles. The van der Waals surface area contributed by atoms with Gasteiger partial charge in [0.1, 0.15) is 0 Å². The van der Waals surface area contributed by atoms with Gasteiger partial charge in [-0.1, -0.05) is 6.07 Å². The van der Waals surface area contributed by atoms with E-state index >= 15 is 0 Å². The molecule has 0 spiro atoms. The minimum atomic E-state index is -4.12. The number of sulfonamides is 1. The fourth-order valence-electron chi connectivity index (χ4n) is 2.17. The van der Waals surface area contributed by atoms with Crippen LogP contribution in [0.25, 0.3) is 0 Å². The molecule has 0 saturated heterocycles. The number of halogens is 4. The summed E-state index contributed by atoms with van der Waals surface area (Å²) in [6, 6.07) is 6.24. The first-order valence-electron chi connectivity index (χ1n) is 7.18. The molecule has 0 N–H and O–H groups in total. The molecule has 2 aromatic rings. The van der Waals surface area contributed by atoms with Crippen LogP contribution in [0.4, 0.5) is 17.6 Å². The number of alkyl halides is 2. The maximum atomic E-state index is 13.3. The van der Waals surface area contributed by atoms with Gasteiger partial charge in [-0.05, 0) is 35.9 Å². The van der Waals surface area contributed by atoms with Crippen molar-refractivity contribution >= 4 is 10.0 Å². The molecule has 0 aromatic heterocycles. The quantitative estimate of drug-likeness (QED) is 0.677. The van der Waals surface area contributed by atoms with Crippen molar-refractivity contribution in [2.45, 2.75) is 18.1 Å². The van der Waals surface area contributed by atoms with Gasteiger partial charge in [0.2, 0.25) is 10.0 Å². The summed E-state index contributed by atoms with van der Waals surface area (Å²) in [4.78, 5) is -0.434. The van der Waals surface area contributed by atoms with Crippen molar-refractivity contribution in [2.75, 3.05) is 14.2 Å². The van der Waals surface area contributed by atoms with E-state index in [1.807, 2.05) is 0 Å². The number of rotatable bonds is 7. The number of methoxy groups -OCH3 is 1. The molecule has 0 aliphatic heterocycles. The monoisotopic (exact) mass is 393 g/mol. The zero-order valence-electron chi connectivity index (χ0n) is 13.7. The summed E-state index contributed by atoms with van der Waals surface area (Å²) in [6.07, 6.45) is 0. The highest BCUT2D eigenvalue weighted by molar-refractivity contribution is 7.89. The Morgan fingerprint density at radius 2 is 1.73 bits per heavy atom. The van der Waals surface area contributed by atoms with Crippen LogP contribution in [0.5, 0.6) is 11.5 Å². The Labute approximate surface area is 147 Å². The number of ether oxygens (including phenoxy) is 2. The van der Waals surface area contributed by atoms with Crippen LogP contribution < -0.4 is 9.47 Å². The van der Waals surface area contributed by atoms with Crippen LogP contribution in [0.1, 0.15) is 5.56 Å². The molecule has 26 heavy (non-hydrogen) atoms. The number of benzene rings is 2. The van der Waals surface area contributed by atoms with Gasteiger partial charge in [0, 0.05) is 13.6 Å². The van der Waals surface area contributed by atoms with E-state index < -0.39 is 33.2 Å². The largest absolute Gasteiger partial charge is 0.493 e. The lowest BCUT2D eigenvalue weighted by Gasteiger charge is -2.18. The average molecular weight is 393 g/mol. The van der Waals surface area contributed by atoms with Gasteiger partial charge in [0.05, 0.1) is 12.0 Å². The predicted molar refractivity (Wildman–Crippen MR) is 84.6 cm³/mol. The van der Waals surface area contributed by atoms with Crippen LogP contribution in [-0.4, -0.2) is 33.5 Å². The van der Waals surface area contributed by atoms with E-state index in [9.17, 15) is 26.0 Å². The number of nitrogens with zero attached hydrogens (tertiary/aromatic N) is 1. The Hall–Kier alpha value is -2.33. The fourth-order valence-corrected chi connectivity index (χ4v) is 3.34. The molecule has 10 heteroatoms. The maximum absolute atomic E-state index is 13.3. The van der Waals surface area contributed by atoms with Gasteiger partial charge in [-0.25, -0.2) is 17.2 Å². The minimum Gasteiger partial charge on any atom is -0.493 e. The van der Waals surface area contributed by atoms with Crippen molar-refractivity contribution < 1.29 is 35.5 Å². The molecule has 0 radical (unpaired) electrons. The van der Waals surface area contributed by atoms with Gasteiger partial charge in [-0.2, -0.15) is 13.1 Å². The van der Waals surface area contributed by atoms with Crippen LogP contribution >= 0.6 is 0 Å². The van der Waals surface area contributed by atoms with Crippen LogP contribution in [0.15, 0.2) is 41.3 Å². The molecule has 142 valence electrons. The van der Waals surface area contributed by atoms with Crippen molar-refractivity contribution in [3.63, 3.8) is 0 Å². The summed E-state index contributed by atoms with van der Waals surface area (Å²) in [5.74, 6) is -2.66. The van der Waals surface area contributed by atoms with Gasteiger partial charge in [0.25, 0.3) is 0 Å². The first kappa shape index (κ1) is 20.0. The highest BCUT2D eigenvalue weighted by atomic mass is 32.2. The average Bonchev–Trinajstić information content (AvgIpc) is 2.57. The third-order valence-electron chi connectivity index (χ3n) is 3.45. The summed E-state index contributed by atoms with van der Waals surface area (Å²) >= 11 is 0. The van der Waals surface area contributed by atoms with Crippen molar-refractivity contribution in [1.82, 2.24) is 4.31 Å². The molecular weight excluding hydrogens is 378 g/mol. The highest BCUT2D eigenvalue weighted by Crippen LogP contribution is 2.30. The van der Waals surface area contributed by atoms with Crippen LogP contribution in [0, 0.1) is 11.6 Å². The van der Waals surface area contributed by atoms with Crippen molar-refractivity contribution in [2.24, 2.45) is 0 Å². The van der Waals surface area contributed by atoms with E-state index in [0.717, 1.165) is 10.4 Å². The van der Waals surface area contributed by atoms with Crippen molar-refractivity contribution in [3.05, 3.63) is 53.6 Å². The maximum Gasteiger partial charge on any atom is 0.387 e. The van der Waals surface area contributed by atoms with E-state index in [0.29, 0.717) is 17.7 Å². The topological polar surface area (TPSA) is 55.8 Å². The lowest BCUT2D eigenvalue weighted by Crippen LogP contribution is -2.26. The zero-order chi connectivity index (χ0) is 19.5. The molecular formula is C16H15F4NO4S. The molecule has 0 fully saturated rings. The third-order valence-corrected chi connectivity index (χ3v) is 5.25. The Morgan fingerprint density at radius 3 is 2.31 bits per heavy atom. The molecule has 0 aliphatic carbocycles. The number of hydrogen-bond acceptors (Lipinski definition) is 4. The van der Waals surface area contributed by atoms with Gasteiger partial charge in [-0.3, -0.25) is 0 Å². The second kappa shape index (κ2) is 7.92. The summed E-state index contributed by atoms with van der Waals surface area (Å²) in [6.45, 7) is -3.30. The molecule has 0 bridgehead atoms. The summed E-state index contributed by atoms with van der Waals surface area (Å²) in [5, 5.41) is 0. The van der Waals surface area contributed by atoms with Crippen LogP contribution in [0.2, 0.25) is 0 Å². The lowest BCUT2D eigenvalue weighted by atomic mass is 10.2. The third kappa shape index (κ3) is 4.44. The molecule has 0 saturated carbocycles. The molecule has 0 unspecified atom stereocenters. The summed E-state index contributed by atoms with van der Waals surface area (Å²) < 4.78 is 86.2. The van der Waals surface area contributed by atoms with Gasteiger partial charge < -0.3 is 9.47 Å². The Bertz CT molecular complexity index is 890. The van der Waals surface area contributed by atoms with E-state index in [1.54, 1.807) is 0 Å². The molecule has 0 aliphatic rings. The van der Waals surface area contributed by atoms with Gasteiger partial charge in [0.15, 0.2) is 23.1 Å². The standard InChI is InChI=1S/C16H15F4NO4S/c1-21(26(22,23)11-4-5-12(17)13(18)8-11)9-10-3-6-14(24-2)15(7-10)25-16(19)20/h3-8,16H,9H2,1-2H3. The SMILES string of the molecule is COc1ccc(CN(C)S(=O)(=O)c2ccc(F)c(F)c2)cc1OC(F)F. The number of hydrogen-bond donors (Lipinski definition) is 0. The molecule has 5 nitrogen and oxygen atoms in total. The normalized spacial score (nSPS) is 11.8. The smallest absolute Gasteiger partial charge is 0.387 e. The highest BCUT2D eigenvalue weighted by Gasteiger charge is 2.23. The molecule has 2 rings (SSSR count). The van der Waals surface area contributed by atoms with Gasteiger partial charge in [-0.15, -0.1) is 0 Å². The molecule has 0 amide bonds. The van der Waals surface area contributed by atoms with Crippen LogP contribution in [-0.2, 0) is 16.6 Å². The molecule has 0 heterocycles. The van der Waals surface area contributed by atoms with E-state index in [2.05, 4.69) is 4.74 Å². The Balaban J connectivity index is 2.27. The lowest BCUT2D eigenvalue weighted by molar-refractivity contribution is -0.0512. The fraction of sp³-hybridized carbons (Fsp3) is 0.250. The minimum absolute atomic E-state index is 0.0557. The zero-order valence-corrected chi connectivity index (χ0v) is 14.6. The van der Waals surface area contributed by atoms with Crippen molar-refractivity contribution in [3.8, 4) is 11.5 Å². The summed E-state index contributed by atoms with van der Waals surface area (Å²) in [5.41, 5.74) is 0.329. The van der Waals surface area contributed by atoms with Crippen LogP contribution in [0.3, 0.4) is 0 Å². The summed E-state index contributed by atoms with van der Waals surface area (Å²) in [7, 11) is -1.63. The first-order chi connectivity index (χ1) is 12.1. The van der Waals surface area contributed by atoms with Crippen molar-refractivity contribution in [1.29, 1.82) is 0 Å². The first-order valence-corrected chi connectivity index (χ1v) is 8.62. The second-order valence-electron chi connectivity index (χ2n) is 5.20. The van der Waals surface area contributed by atoms with Gasteiger partial charge >= 0.3 is 6.61 Å². The Morgan fingerprint density at radius 1 is 1.04 bits per heavy atom. The van der Waals surface area contributed by atoms with E-state index in [4.69, 9.17) is 4.74 Å². The molecule has 0 atom stereocenters. The van der Waals surface area contributed by atoms with E-state index in [-0.39, 0.29) is 18.0 Å².